The molecule has 0 spiro atoms. The standard InChI is InChI=1S/C18H26O4/c1-13(2)15-7-9-16(10-8-15)22-18(19)14(3)21-12-17-6-4-5-11-20-17/h7-10,13-14,17H,4-6,11-12H2,1-3H3. The average Bonchev–Trinajstić information content (AvgIpc) is 2.54. The Morgan fingerprint density at radius 3 is 2.55 bits per heavy atom. The van der Waals surface area contributed by atoms with Crippen LogP contribution in [0.15, 0.2) is 24.3 Å². The molecule has 2 atom stereocenters. The zero-order valence-corrected chi connectivity index (χ0v) is 13.7. The molecule has 1 aliphatic rings. The lowest BCUT2D eigenvalue weighted by molar-refractivity contribution is -0.149. The maximum absolute atomic E-state index is 12.0. The highest BCUT2D eigenvalue weighted by Crippen LogP contribution is 2.19. The third-order valence-electron chi connectivity index (χ3n) is 3.90. The molecule has 0 aliphatic carbocycles. The number of esters is 1. The van der Waals surface area contributed by atoms with Crippen LogP contribution in [0.3, 0.4) is 0 Å². The molecule has 1 aliphatic heterocycles. The summed E-state index contributed by atoms with van der Waals surface area (Å²) in [6, 6.07) is 7.61. The van der Waals surface area contributed by atoms with Gasteiger partial charge in [-0.15, -0.1) is 0 Å². The first-order valence-electron chi connectivity index (χ1n) is 8.11. The summed E-state index contributed by atoms with van der Waals surface area (Å²) in [4.78, 5) is 12.0. The summed E-state index contributed by atoms with van der Waals surface area (Å²) < 4.78 is 16.5. The molecule has 0 amide bonds. The van der Waals surface area contributed by atoms with E-state index in [1.54, 1.807) is 6.92 Å². The lowest BCUT2D eigenvalue weighted by Crippen LogP contribution is -2.31. The van der Waals surface area contributed by atoms with E-state index in [1.165, 1.54) is 5.56 Å². The Labute approximate surface area is 132 Å². The third-order valence-corrected chi connectivity index (χ3v) is 3.90. The van der Waals surface area contributed by atoms with Crippen molar-refractivity contribution in [3.8, 4) is 5.75 Å². The molecule has 0 N–H and O–H groups in total. The second kappa shape index (κ2) is 8.30. The Morgan fingerprint density at radius 2 is 1.95 bits per heavy atom. The van der Waals surface area contributed by atoms with Crippen LogP contribution < -0.4 is 4.74 Å². The number of ether oxygens (including phenoxy) is 3. The van der Waals surface area contributed by atoms with Crippen molar-refractivity contribution in [2.24, 2.45) is 0 Å². The molecular weight excluding hydrogens is 280 g/mol. The molecule has 122 valence electrons. The van der Waals surface area contributed by atoms with Crippen molar-refractivity contribution >= 4 is 5.97 Å². The van der Waals surface area contributed by atoms with Crippen molar-refractivity contribution in [2.75, 3.05) is 13.2 Å². The number of carbonyl (C=O) groups is 1. The Bertz CT molecular complexity index is 460. The first kappa shape index (κ1) is 17.0. The van der Waals surface area contributed by atoms with Crippen molar-refractivity contribution < 1.29 is 19.0 Å². The fourth-order valence-corrected chi connectivity index (χ4v) is 2.38. The van der Waals surface area contributed by atoms with E-state index in [1.807, 2.05) is 24.3 Å². The van der Waals surface area contributed by atoms with E-state index in [4.69, 9.17) is 14.2 Å². The zero-order chi connectivity index (χ0) is 15.9. The van der Waals surface area contributed by atoms with Crippen LogP contribution in [-0.2, 0) is 14.3 Å². The van der Waals surface area contributed by atoms with Gasteiger partial charge in [0.15, 0.2) is 6.10 Å². The van der Waals surface area contributed by atoms with Crippen LogP contribution in [0.1, 0.15) is 51.5 Å². The number of hydrogen-bond acceptors (Lipinski definition) is 4. The lowest BCUT2D eigenvalue weighted by atomic mass is 10.0. The second-order valence-electron chi connectivity index (χ2n) is 6.11. The van der Waals surface area contributed by atoms with Crippen LogP contribution in [-0.4, -0.2) is 31.4 Å². The summed E-state index contributed by atoms with van der Waals surface area (Å²) in [6.45, 7) is 7.21. The van der Waals surface area contributed by atoms with E-state index in [-0.39, 0.29) is 12.1 Å². The molecule has 22 heavy (non-hydrogen) atoms. The predicted molar refractivity (Wildman–Crippen MR) is 85.2 cm³/mol. The van der Waals surface area contributed by atoms with Gasteiger partial charge in [-0.05, 0) is 49.8 Å². The maximum Gasteiger partial charge on any atom is 0.340 e. The largest absolute Gasteiger partial charge is 0.425 e. The summed E-state index contributed by atoms with van der Waals surface area (Å²) in [5.74, 6) is 0.648. The van der Waals surface area contributed by atoms with Crippen LogP contribution in [0.25, 0.3) is 0 Å². The Hall–Kier alpha value is -1.39. The average molecular weight is 306 g/mol. The molecule has 4 heteroatoms. The van der Waals surface area contributed by atoms with Crippen molar-refractivity contribution in [3.63, 3.8) is 0 Å². The quantitative estimate of drug-likeness (QED) is 0.594. The highest BCUT2D eigenvalue weighted by molar-refractivity contribution is 5.76. The fraction of sp³-hybridized carbons (Fsp3) is 0.611. The summed E-state index contributed by atoms with van der Waals surface area (Å²) >= 11 is 0. The predicted octanol–water partition coefficient (Wildman–Crippen LogP) is 3.69. The van der Waals surface area contributed by atoms with Gasteiger partial charge >= 0.3 is 5.97 Å². The summed E-state index contributed by atoms with van der Waals surface area (Å²) in [5, 5.41) is 0. The van der Waals surface area contributed by atoms with Gasteiger partial charge in [0.25, 0.3) is 0 Å². The molecule has 1 aromatic rings. The van der Waals surface area contributed by atoms with E-state index in [0.29, 0.717) is 18.3 Å². The normalized spacial score (nSPS) is 19.9. The van der Waals surface area contributed by atoms with Gasteiger partial charge in [0.1, 0.15) is 5.75 Å². The lowest BCUT2D eigenvalue weighted by Gasteiger charge is -2.23. The summed E-state index contributed by atoms with van der Waals surface area (Å²) in [5.41, 5.74) is 1.22. The third kappa shape index (κ3) is 5.11. The van der Waals surface area contributed by atoms with Crippen LogP contribution >= 0.6 is 0 Å². The first-order chi connectivity index (χ1) is 10.6. The molecule has 1 saturated heterocycles. The number of benzene rings is 1. The number of hydrogen-bond donors (Lipinski definition) is 0. The van der Waals surface area contributed by atoms with Gasteiger partial charge < -0.3 is 14.2 Å². The molecule has 0 radical (unpaired) electrons. The van der Waals surface area contributed by atoms with Gasteiger partial charge in [0.05, 0.1) is 12.7 Å². The Kier molecular flexibility index (Phi) is 6.40. The van der Waals surface area contributed by atoms with Gasteiger partial charge in [-0.25, -0.2) is 4.79 Å². The van der Waals surface area contributed by atoms with E-state index < -0.39 is 6.10 Å². The van der Waals surface area contributed by atoms with E-state index >= 15 is 0 Å². The molecule has 0 saturated carbocycles. The molecule has 2 unspecified atom stereocenters. The fourth-order valence-electron chi connectivity index (χ4n) is 2.38. The van der Waals surface area contributed by atoms with Gasteiger partial charge in [0, 0.05) is 6.61 Å². The highest BCUT2D eigenvalue weighted by Gasteiger charge is 2.20. The van der Waals surface area contributed by atoms with Crippen LogP contribution in [0.2, 0.25) is 0 Å². The monoisotopic (exact) mass is 306 g/mol. The minimum absolute atomic E-state index is 0.106. The molecule has 1 fully saturated rings. The van der Waals surface area contributed by atoms with Crippen LogP contribution in [0.4, 0.5) is 0 Å². The smallest absolute Gasteiger partial charge is 0.340 e. The Morgan fingerprint density at radius 1 is 1.23 bits per heavy atom. The van der Waals surface area contributed by atoms with Gasteiger partial charge in [0.2, 0.25) is 0 Å². The number of rotatable bonds is 6. The minimum atomic E-state index is -0.588. The molecule has 1 heterocycles. The molecule has 0 aromatic heterocycles. The van der Waals surface area contributed by atoms with E-state index in [2.05, 4.69) is 13.8 Å². The van der Waals surface area contributed by atoms with E-state index in [0.717, 1.165) is 25.9 Å². The molecular formula is C18H26O4. The van der Waals surface area contributed by atoms with E-state index in [9.17, 15) is 4.79 Å². The van der Waals surface area contributed by atoms with Crippen molar-refractivity contribution in [3.05, 3.63) is 29.8 Å². The van der Waals surface area contributed by atoms with Crippen LogP contribution in [0.5, 0.6) is 5.75 Å². The van der Waals surface area contributed by atoms with Crippen molar-refractivity contribution in [2.45, 2.75) is 58.2 Å². The SMILES string of the molecule is CC(OCC1CCCCO1)C(=O)Oc1ccc(C(C)C)cc1. The zero-order valence-electron chi connectivity index (χ0n) is 13.7. The minimum Gasteiger partial charge on any atom is -0.425 e. The summed E-state index contributed by atoms with van der Waals surface area (Å²) in [7, 11) is 0. The molecule has 4 nitrogen and oxygen atoms in total. The van der Waals surface area contributed by atoms with Crippen molar-refractivity contribution in [1.29, 1.82) is 0 Å². The number of carbonyl (C=O) groups excluding carboxylic acids is 1. The van der Waals surface area contributed by atoms with Gasteiger partial charge in [-0.1, -0.05) is 26.0 Å². The molecule has 0 bridgehead atoms. The molecule has 1 aromatic carbocycles. The van der Waals surface area contributed by atoms with Gasteiger partial charge in [-0.3, -0.25) is 0 Å². The van der Waals surface area contributed by atoms with Crippen LogP contribution in [0, 0.1) is 0 Å². The first-order valence-corrected chi connectivity index (χ1v) is 8.11. The maximum atomic E-state index is 12.0. The topological polar surface area (TPSA) is 44.8 Å². The Balaban J connectivity index is 1.77. The van der Waals surface area contributed by atoms with Gasteiger partial charge in [-0.2, -0.15) is 0 Å². The highest BCUT2D eigenvalue weighted by atomic mass is 16.6. The second-order valence-corrected chi connectivity index (χ2v) is 6.11. The summed E-state index contributed by atoms with van der Waals surface area (Å²) in [6.07, 6.45) is 2.79. The van der Waals surface area contributed by atoms with Crippen molar-refractivity contribution in [1.82, 2.24) is 0 Å². The molecule has 2 rings (SSSR count).